The highest BCUT2D eigenvalue weighted by Crippen LogP contribution is 2.37. The average molecular weight is 227 g/mol. The van der Waals surface area contributed by atoms with Crippen LogP contribution in [0.3, 0.4) is 0 Å². The summed E-state index contributed by atoms with van der Waals surface area (Å²) in [5.41, 5.74) is 0.491. The molecule has 0 heterocycles. The molecular formula is C14H29NO. The van der Waals surface area contributed by atoms with E-state index in [1.807, 2.05) is 0 Å². The van der Waals surface area contributed by atoms with Crippen LogP contribution in [0, 0.1) is 11.3 Å². The fraction of sp³-hybridized carbons (Fsp3) is 1.00. The van der Waals surface area contributed by atoms with E-state index >= 15 is 0 Å². The summed E-state index contributed by atoms with van der Waals surface area (Å²) in [6, 6.07) is 0.719. The van der Waals surface area contributed by atoms with Crippen molar-refractivity contribution in [2.45, 2.75) is 65.5 Å². The maximum absolute atomic E-state index is 5.25. The van der Waals surface area contributed by atoms with E-state index in [9.17, 15) is 0 Å². The Bertz CT molecular complexity index is 189. The van der Waals surface area contributed by atoms with E-state index in [1.165, 1.54) is 25.7 Å². The first kappa shape index (κ1) is 14.0. The quantitative estimate of drug-likeness (QED) is 0.796. The second-order valence-electron chi connectivity index (χ2n) is 6.37. The summed E-state index contributed by atoms with van der Waals surface area (Å²) in [5.74, 6) is 0.908. The number of methoxy groups -OCH3 is 1. The minimum absolute atomic E-state index is 0.334. The molecule has 96 valence electrons. The van der Waals surface area contributed by atoms with E-state index < -0.39 is 0 Å². The van der Waals surface area contributed by atoms with Crippen molar-refractivity contribution in [2.24, 2.45) is 11.3 Å². The van der Waals surface area contributed by atoms with E-state index in [1.54, 1.807) is 7.11 Å². The summed E-state index contributed by atoms with van der Waals surface area (Å²) in [4.78, 5) is 0. The molecule has 1 aliphatic carbocycles. The minimum atomic E-state index is 0.334. The molecule has 0 spiro atoms. The van der Waals surface area contributed by atoms with Crippen LogP contribution in [0.5, 0.6) is 0 Å². The van der Waals surface area contributed by atoms with Crippen molar-refractivity contribution in [3.8, 4) is 0 Å². The average Bonchev–Trinajstić information content (AvgIpc) is 2.25. The maximum atomic E-state index is 5.25. The van der Waals surface area contributed by atoms with Crippen molar-refractivity contribution in [1.29, 1.82) is 0 Å². The molecule has 0 amide bonds. The third kappa shape index (κ3) is 4.42. The van der Waals surface area contributed by atoms with Crippen LogP contribution < -0.4 is 5.32 Å². The third-order valence-electron chi connectivity index (χ3n) is 4.05. The first-order valence-electron chi connectivity index (χ1n) is 6.69. The van der Waals surface area contributed by atoms with Crippen molar-refractivity contribution >= 4 is 0 Å². The van der Waals surface area contributed by atoms with Gasteiger partial charge in [-0.2, -0.15) is 0 Å². The number of hydrogen-bond acceptors (Lipinski definition) is 2. The van der Waals surface area contributed by atoms with Gasteiger partial charge in [-0.3, -0.25) is 0 Å². The normalized spacial score (nSPS) is 29.1. The van der Waals surface area contributed by atoms with Gasteiger partial charge in [0, 0.05) is 19.7 Å². The number of rotatable bonds is 4. The highest BCUT2D eigenvalue weighted by Gasteiger charge is 2.29. The lowest BCUT2D eigenvalue weighted by Gasteiger charge is -2.37. The SMILES string of the molecule is COC(C)CNC1CCC(C(C)(C)C)CC1. The predicted octanol–water partition coefficient (Wildman–Crippen LogP) is 3.22. The van der Waals surface area contributed by atoms with Crippen molar-refractivity contribution < 1.29 is 4.74 Å². The van der Waals surface area contributed by atoms with Gasteiger partial charge in [0.05, 0.1) is 6.10 Å². The standard InChI is InChI=1S/C14H29NO/c1-11(16-5)10-15-13-8-6-12(7-9-13)14(2,3)4/h11-13,15H,6-10H2,1-5H3. The van der Waals surface area contributed by atoms with Gasteiger partial charge in [0.1, 0.15) is 0 Å². The van der Waals surface area contributed by atoms with E-state index in [0.717, 1.165) is 18.5 Å². The van der Waals surface area contributed by atoms with Crippen LogP contribution in [0.15, 0.2) is 0 Å². The number of hydrogen-bond donors (Lipinski definition) is 1. The van der Waals surface area contributed by atoms with Gasteiger partial charge in [-0.25, -0.2) is 0 Å². The second kappa shape index (κ2) is 6.02. The molecule has 0 saturated heterocycles. The Morgan fingerprint density at radius 3 is 2.19 bits per heavy atom. The van der Waals surface area contributed by atoms with Gasteiger partial charge in [-0.15, -0.1) is 0 Å². The second-order valence-corrected chi connectivity index (χ2v) is 6.37. The maximum Gasteiger partial charge on any atom is 0.0667 e. The molecular weight excluding hydrogens is 198 g/mol. The lowest BCUT2D eigenvalue weighted by molar-refractivity contribution is 0.106. The summed E-state index contributed by atoms with van der Waals surface area (Å²) >= 11 is 0. The largest absolute Gasteiger partial charge is 0.380 e. The molecule has 1 saturated carbocycles. The highest BCUT2D eigenvalue weighted by molar-refractivity contribution is 4.83. The van der Waals surface area contributed by atoms with E-state index in [4.69, 9.17) is 4.74 Å². The van der Waals surface area contributed by atoms with Crippen LogP contribution in [0.4, 0.5) is 0 Å². The summed E-state index contributed by atoms with van der Waals surface area (Å²) in [6.07, 6.45) is 5.75. The first-order valence-corrected chi connectivity index (χ1v) is 6.69. The third-order valence-corrected chi connectivity index (χ3v) is 4.05. The monoisotopic (exact) mass is 227 g/mol. The van der Waals surface area contributed by atoms with Crippen molar-refractivity contribution in [1.82, 2.24) is 5.32 Å². The number of ether oxygens (including phenoxy) is 1. The number of nitrogens with one attached hydrogen (secondary N) is 1. The Kier molecular flexibility index (Phi) is 5.26. The minimum Gasteiger partial charge on any atom is -0.380 e. The smallest absolute Gasteiger partial charge is 0.0667 e. The molecule has 1 rings (SSSR count). The van der Waals surface area contributed by atoms with Gasteiger partial charge < -0.3 is 10.1 Å². The molecule has 0 aromatic heterocycles. The molecule has 0 aromatic carbocycles. The fourth-order valence-electron chi connectivity index (χ4n) is 2.58. The molecule has 2 nitrogen and oxygen atoms in total. The Morgan fingerprint density at radius 2 is 1.75 bits per heavy atom. The van der Waals surface area contributed by atoms with Gasteiger partial charge in [-0.1, -0.05) is 20.8 Å². The molecule has 1 atom stereocenters. The van der Waals surface area contributed by atoms with Crippen molar-refractivity contribution in [2.75, 3.05) is 13.7 Å². The Labute approximate surface area is 101 Å². The van der Waals surface area contributed by atoms with Gasteiger partial charge in [-0.05, 0) is 43.9 Å². The van der Waals surface area contributed by atoms with Crippen molar-refractivity contribution in [3.63, 3.8) is 0 Å². The molecule has 16 heavy (non-hydrogen) atoms. The van der Waals surface area contributed by atoms with Gasteiger partial charge in [0.2, 0.25) is 0 Å². The van der Waals surface area contributed by atoms with Crippen LogP contribution in [0.2, 0.25) is 0 Å². The lowest BCUT2D eigenvalue weighted by atomic mass is 9.71. The topological polar surface area (TPSA) is 21.3 Å². The lowest BCUT2D eigenvalue weighted by Crippen LogP contribution is -2.39. The summed E-state index contributed by atoms with van der Waals surface area (Å²) in [5, 5.41) is 3.62. The predicted molar refractivity (Wildman–Crippen MR) is 69.7 cm³/mol. The molecule has 0 bridgehead atoms. The van der Waals surface area contributed by atoms with Crippen LogP contribution in [-0.2, 0) is 4.74 Å². The van der Waals surface area contributed by atoms with Gasteiger partial charge in [0.25, 0.3) is 0 Å². The van der Waals surface area contributed by atoms with E-state index in [0.29, 0.717) is 11.5 Å². The fourth-order valence-corrected chi connectivity index (χ4v) is 2.58. The molecule has 1 unspecified atom stereocenters. The Hall–Kier alpha value is -0.0800. The summed E-state index contributed by atoms with van der Waals surface area (Å²) in [7, 11) is 1.78. The van der Waals surface area contributed by atoms with E-state index in [-0.39, 0.29) is 0 Å². The summed E-state index contributed by atoms with van der Waals surface area (Å²) < 4.78 is 5.25. The van der Waals surface area contributed by atoms with Crippen LogP contribution in [-0.4, -0.2) is 25.8 Å². The molecule has 1 aliphatic rings. The van der Waals surface area contributed by atoms with Crippen LogP contribution >= 0.6 is 0 Å². The van der Waals surface area contributed by atoms with Gasteiger partial charge >= 0.3 is 0 Å². The highest BCUT2D eigenvalue weighted by atomic mass is 16.5. The first-order chi connectivity index (χ1) is 7.43. The molecule has 1 fully saturated rings. The van der Waals surface area contributed by atoms with Gasteiger partial charge in [0.15, 0.2) is 0 Å². The molecule has 1 N–H and O–H groups in total. The molecule has 0 aromatic rings. The zero-order chi connectivity index (χ0) is 12.2. The van der Waals surface area contributed by atoms with Crippen molar-refractivity contribution in [3.05, 3.63) is 0 Å². The van der Waals surface area contributed by atoms with Crippen LogP contribution in [0.1, 0.15) is 53.4 Å². The Balaban J connectivity index is 2.22. The zero-order valence-corrected chi connectivity index (χ0v) is 11.7. The molecule has 2 heteroatoms. The molecule has 0 aliphatic heterocycles. The summed E-state index contributed by atoms with van der Waals surface area (Å²) in [6.45, 7) is 10.2. The zero-order valence-electron chi connectivity index (χ0n) is 11.7. The van der Waals surface area contributed by atoms with Crippen LogP contribution in [0.25, 0.3) is 0 Å². The molecule has 0 radical (unpaired) electrons. The van der Waals surface area contributed by atoms with E-state index in [2.05, 4.69) is 33.0 Å². The Morgan fingerprint density at radius 1 is 1.19 bits per heavy atom.